The predicted molar refractivity (Wildman–Crippen MR) is 204 cm³/mol. The number of rotatable bonds is 26. The third-order valence-corrected chi connectivity index (χ3v) is 9.15. The molecule has 0 radical (unpaired) electrons. The Balaban J connectivity index is 0.992. The lowest BCUT2D eigenvalue weighted by atomic mass is 9.98. The molecule has 1 aliphatic carbocycles. The molecule has 2 aromatic carbocycles. The molecule has 2 atom stereocenters. The van der Waals surface area contributed by atoms with Crippen LogP contribution in [-0.4, -0.2) is 130 Å². The van der Waals surface area contributed by atoms with Crippen molar-refractivity contribution < 1.29 is 67.2 Å². The molecule has 0 bridgehead atoms. The van der Waals surface area contributed by atoms with Gasteiger partial charge in [-0.15, -0.1) is 5.06 Å². The van der Waals surface area contributed by atoms with Gasteiger partial charge in [0.1, 0.15) is 18.7 Å². The van der Waals surface area contributed by atoms with E-state index in [0.717, 1.165) is 22.3 Å². The van der Waals surface area contributed by atoms with Gasteiger partial charge in [-0.3, -0.25) is 24.0 Å². The monoisotopic (exact) mass is 812 g/mol. The molecular weight excluding hydrogens is 760 g/mol. The van der Waals surface area contributed by atoms with Gasteiger partial charge in [-0.1, -0.05) is 62.4 Å². The summed E-state index contributed by atoms with van der Waals surface area (Å²) in [5.41, 5.74) is 4.62. The van der Waals surface area contributed by atoms with E-state index >= 15 is 0 Å². The highest BCUT2D eigenvalue weighted by molar-refractivity contribution is 6.02. The van der Waals surface area contributed by atoms with Crippen molar-refractivity contribution in [1.29, 1.82) is 0 Å². The van der Waals surface area contributed by atoms with Crippen LogP contribution in [0, 0.1) is 5.92 Å². The summed E-state index contributed by atoms with van der Waals surface area (Å²) in [6, 6.07) is 13.7. The van der Waals surface area contributed by atoms with Gasteiger partial charge in [0.2, 0.25) is 11.8 Å². The minimum absolute atomic E-state index is 0.00864. The molecule has 0 spiro atoms. The van der Waals surface area contributed by atoms with Crippen LogP contribution >= 0.6 is 0 Å². The highest BCUT2D eigenvalue weighted by atomic mass is 16.7. The average molecular weight is 813 g/mol. The van der Waals surface area contributed by atoms with Crippen LogP contribution in [0.4, 0.5) is 4.79 Å². The lowest BCUT2D eigenvalue weighted by Crippen LogP contribution is -2.54. The minimum atomic E-state index is -1.30. The summed E-state index contributed by atoms with van der Waals surface area (Å²) in [5, 5.41) is 17.1. The zero-order valence-corrected chi connectivity index (χ0v) is 32.7. The van der Waals surface area contributed by atoms with Crippen molar-refractivity contribution in [3.05, 3.63) is 59.7 Å². The number of benzene rings is 2. The number of carbonyl (C=O) groups excluding carboxylic acids is 6. The molecule has 1 fully saturated rings. The highest BCUT2D eigenvalue weighted by Gasteiger charge is 2.37. The Morgan fingerprint density at radius 2 is 1.28 bits per heavy atom. The number of hydrogen-bond donors (Lipinski definition) is 4. The van der Waals surface area contributed by atoms with E-state index in [1.54, 1.807) is 13.8 Å². The Morgan fingerprint density at radius 1 is 0.741 bits per heavy atom. The molecular formula is C40H52N4O14. The lowest BCUT2D eigenvalue weighted by Gasteiger charge is -2.25. The zero-order chi connectivity index (χ0) is 41.9. The van der Waals surface area contributed by atoms with E-state index < -0.39 is 66.1 Å². The van der Waals surface area contributed by atoms with Gasteiger partial charge in [-0.25, -0.2) is 9.59 Å². The fourth-order valence-corrected chi connectivity index (χ4v) is 6.16. The normalized spacial score (nSPS) is 14.4. The second kappa shape index (κ2) is 23.7. The van der Waals surface area contributed by atoms with E-state index in [2.05, 4.69) is 40.2 Å². The summed E-state index contributed by atoms with van der Waals surface area (Å²) in [7, 11) is 0. The Morgan fingerprint density at radius 3 is 1.83 bits per heavy atom. The van der Waals surface area contributed by atoms with Crippen LogP contribution in [0.5, 0.6) is 0 Å². The van der Waals surface area contributed by atoms with Gasteiger partial charge >= 0.3 is 18.0 Å². The Kier molecular flexibility index (Phi) is 18.5. The van der Waals surface area contributed by atoms with Crippen LogP contribution in [0.2, 0.25) is 0 Å². The summed E-state index contributed by atoms with van der Waals surface area (Å²) >= 11 is 0. The van der Waals surface area contributed by atoms with Crippen LogP contribution in [0.3, 0.4) is 0 Å². The summed E-state index contributed by atoms with van der Waals surface area (Å²) < 4.78 is 27.4. The fraction of sp³-hybridized carbons (Fsp3) is 0.525. The van der Waals surface area contributed by atoms with Gasteiger partial charge in [-0.05, 0) is 34.6 Å². The minimum Gasteiger partial charge on any atom is -0.481 e. The number of imide groups is 1. The molecule has 1 heterocycles. The van der Waals surface area contributed by atoms with E-state index in [4.69, 9.17) is 33.6 Å². The topological polar surface area (TPSA) is 234 Å². The molecule has 5 amide bonds. The van der Waals surface area contributed by atoms with Gasteiger partial charge < -0.3 is 49.6 Å². The molecule has 2 unspecified atom stereocenters. The van der Waals surface area contributed by atoms with E-state index in [-0.39, 0.29) is 71.2 Å². The number of carboxylic acids is 1. The van der Waals surface area contributed by atoms with E-state index in [1.165, 1.54) is 0 Å². The van der Waals surface area contributed by atoms with Gasteiger partial charge in [0.05, 0.1) is 52.9 Å². The molecule has 18 nitrogen and oxygen atoms in total. The lowest BCUT2D eigenvalue weighted by molar-refractivity contribution is -0.199. The van der Waals surface area contributed by atoms with Crippen LogP contribution in [-0.2, 0) is 57.3 Å². The SMILES string of the molecule is CC(C)C(NC(=O)C(CCC(=O)O)NC(=O)CCOCCOCCOCCOCCNC(=O)OCC1c2ccccc2-c2ccccc21)C(=O)ON1C(=O)CCC1=O. The first-order valence-corrected chi connectivity index (χ1v) is 19.2. The van der Waals surface area contributed by atoms with Crippen LogP contribution in [0.15, 0.2) is 48.5 Å². The zero-order valence-electron chi connectivity index (χ0n) is 32.7. The Bertz CT molecular complexity index is 1670. The summed E-state index contributed by atoms with van der Waals surface area (Å²) in [6.07, 6.45) is -1.57. The molecule has 1 aliphatic heterocycles. The summed E-state index contributed by atoms with van der Waals surface area (Å²) in [4.78, 5) is 90.4. The van der Waals surface area contributed by atoms with Crippen molar-refractivity contribution in [2.75, 3.05) is 66.0 Å². The van der Waals surface area contributed by atoms with E-state index in [0.29, 0.717) is 31.5 Å². The number of hydroxylamine groups is 2. The van der Waals surface area contributed by atoms with Crippen molar-refractivity contribution in [1.82, 2.24) is 21.0 Å². The fourth-order valence-electron chi connectivity index (χ4n) is 6.16. The number of carbonyl (C=O) groups is 7. The summed E-state index contributed by atoms with van der Waals surface area (Å²) in [5.74, 6) is -5.60. The van der Waals surface area contributed by atoms with Crippen LogP contribution < -0.4 is 16.0 Å². The van der Waals surface area contributed by atoms with Crippen LogP contribution in [0.25, 0.3) is 11.1 Å². The number of hydrogen-bond acceptors (Lipinski definition) is 13. The number of ether oxygens (including phenoxy) is 5. The first-order valence-electron chi connectivity index (χ1n) is 19.2. The third-order valence-electron chi connectivity index (χ3n) is 9.15. The largest absolute Gasteiger partial charge is 0.481 e. The molecule has 4 N–H and O–H groups in total. The predicted octanol–water partition coefficient (Wildman–Crippen LogP) is 2.08. The molecule has 0 saturated carbocycles. The second-order valence-electron chi connectivity index (χ2n) is 13.7. The molecule has 58 heavy (non-hydrogen) atoms. The van der Waals surface area contributed by atoms with Crippen molar-refractivity contribution in [2.24, 2.45) is 5.92 Å². The third kappa shape index (κ3) is 14.2. The van der Waals surface area contributed by atoms with Crippen molar-refractivity contribution >= 4 is 41.7 Å². The Hall–Kier alpha value is -5.43. The molecule has 4 rings (SSSR count). The quantitative estimate of drug-likeness (QED) is 0.0787. The molecule has 2 aromatic rings. The highest BCUT2D eigenvalue weighted by Crippen LogP contribution is 2.44. The smallest absolute Gasteiger partial charge is 0.407 e. The molecule has 1 saturated heterocycles. The number of nitrogens with zero attached hydrogens (tertiary/aromatic N) is 1. The number of amides is 5. The number of aliphatic carboxylic acids is 1. The van der Waals surface area contributed by atoms with E-state index in [1.807, 2.05) is 24.3 Å². The van der Waals surface area contributed by atoms with Gasteiger partial charge in [0.25, 0.3) is 11.8 Å². The van der Waals surface area contributed by atoms with Crippen molar-refractivity contribution in [3.8, 4) is 11.1 Å². The first kappa shape index (κ1) is 45.3. The van der Waals surface area contributed by atoms with Gasteiger partial charge in [0, 0.05) is 38.1 Å². The number of alkyl carbamates (subject to hydrolysis) is 1. The van der Waals surface area contributed by atoms with Gasteiger partial charge in [0.15, 0.2) is 0 Å². The maximum atomic E-state index is 13.1. The number of carboxylic acid groups (broad SMARTS) is 1. The van der Waals surface area contributed by atoms with Crippen LogP contribution in [0.1, 0.15) is 63.0 Å². The first-order chi connectivity index (χ1) is 28.0. The standard InChI is InChI=1S/C40H52N4O14/c1-26(2)37(39(51)58-44-34(46)12-13-35(44)47)43-38(50)32(11-14-36(48)49)42-33(45)15-17-53-19-21-55-23-24-56-22-20-54-18-16-41-40(52)57-25-31-29-9-5-3-7-27(29)28-8-4-6-10-30(28)31/h3-10,26,31-32,37H,11-25H2,1-2H3,(H,41,52)(H,42,45)(H,43,50)(H,48,49). The molecule has 316 valence electrons. The van der Waals surface area contributed by atoms with Crippen molar-refractivity contribution in [2.45, 2.75) is 64.0 Å². The second-order valence-corrected chi connectivity index (χ2v) is 13.7. The maximum Gasteiger partial charge on any atom is 0.407 e. The van der Waals surface area contributed by atoms with Gasteiger partial charge in [-0.2, -0.15) is 0 Å². The number of nitrogens with one attached hydrogen (secondary N) is 3. The number of fused-ring (bicyclic) bond motifs is 3. The molecule has 2 aliphatic rings. The average Bonchev–Trinajstić information content (AvgIpc) is 3.70. The van der Waals surface area contributed by atoms with Crippen molar-refractivity contribution in [3.63, 3.8) is 0 Å². The summed E-state index contributed by atoms with van der Waals surface area (Å²) in [6.45, 7) is 5.65. The Labute approximate surface area is 336 Å². The molecule has 18 heteroatoms. The molecule has 0 aromatic heterocycles. The van der Waals surface area contributed by atoms with E-state index in [9.17, 15) is 33.6 Å². The maximum absolute atomic E-state index is 13.1.